The lowest BCUT2D eigenvalue weighted by Crippen LogP contribution is -2.35. The van der Waals surface area contributed by atoms with Crippen LogP contribution in [0.3, 0.4) is 0 Å². The third-order valence-corrected chi connectivity index (χ3v) is 4.33. The van der Waals surface area contributed by atoms with Crippen LogP contribution in [-0.4, -0.2) is 19.0 Å². The number of hydrogen-bond acceptors (Lipinski definition) is 2. The highest BCUT2D eigenvalue weighted by molar-refractivity contribution is 5.79. The van der Waals surface area contributed by atoms with Crippen LogP contribution in [0.5, 0.6) is 0 Å². The Balaban J connectivity index is 1.56. The van der Waals surface area contributed by atoms with E-state index in [0.717, 1.165) is 32.4 Å². The van der Waals surface area contributed by atoms with E-state index in [2.05, 4.69) is 28.8 Å². The van der Waals surface area contributed by atoms with Gasteiger partial charge in [0.15, 0.2) is 0 Å². The molecule has 0 radical (unpaired) electrons. The lowest BCUT2D eigenvalue weighted by molar-refractivity contribution is -0.127. The molecule has 3 nitrogen and oxygen atoms in total. The molecular formula is C16H22N2O. The average Bonchev–Trinajstić information content (AvgIpc) is 2.37. The maximum Gasteiger partial charge on any atom is 0.223 e. The highest BCUT2D eigenvalue weighted by Gasteiger charge is 2.24. The molecule has 0 atom stereocenters. The second-order valence-electron chi connectivity index (χ2n) is 5.65. The maximum absolute atomic E-state index is 11.8. The third kappa shape index (κ3) is 2.75. The van der Waals surface area contributed by atoms with E-state index in [4.69, 9.17) is 0 Å². The monoisotopic (exact) mass is 258 g/mol. The van der Waals surface area contributed by atoms with Gasteiger partial charge >= 0.3 is 0 Å². The number of para-hydroxylation sites is 1. The number of hydrogen-bond donors (Lipinski definition) is 2. The predicted molar refractivity (Wildman–Crippen MR) is 77.3 cm³/mol. The van der Waals surface area contributed by atoms with Gasteiger partial charge in [0.1, 0.15) is 0 Å². The van der Waals surface area contributed by atoms with Gasteiger partial charge in [-0.15, -0.1) is 0 Å². The summed E-state index contributed by atoms with van der Waals surface area (Å²) in [7, 11) is 0. The SMILES string of the molecule is O=C(NCCc1cccc2c1NCCC2)C1CCC1. The first-order valence-electron chi connectivity index (χ1n) is 7.47. The molecular weight excluding hydrogens is 236 g/mol. The summed E-state index contributed by atoms with van der Waals surface area (Å²) < 4.78 is 0. The Morgan fingerprint density at radius 3 is 3.00 bits per heavy atom. The molecule has 19 heavy (non-hydrogen) atoms. The van der Waals surface area contributed by atoms with Gasteiger partial charge in [0.05, 0.1) is 0 Å². The van der Waals surface area contributed by atoms with E-state index >= 15 is 0 Å². The minimum atomic E-state index is 0.254. The Morgan fingerprint density at radius 1 is 1.32 bits per heavy atom. The molecule has 2 aliphatic rings. The molecule has 102 valence electrons. The van der Waals surface area contributed by atoms with Gasteiger partial charge in [-0.2, -0.15) is 0 Å². The zero-order valence-corrected chi connectivity index (χ0v) is 11.4. The Morgan fingerprint density at radius 2 is 2.21 bits per heavy atom. The van der Waals surface area contributed by atoms with Gasteiger partial charge in [0, 0.05) is 24.7 Å². The molecule has 1 fully saturated rings. The summed E-state index contributed by atoms with van der Waals surface area (Å²) in [6.45, 7) is 1.83. The number of nitrogens with one attached hydrogen (secondary N) is 2. The number of fused-ring (bicyclic) bond motifs is 1. The summed E-state index contributed by atoms with van der Waals surface area (Å²) in [5.74, 6) is 0.548. The summed E-state index contributed by atoms with van der Waals surface area (Å²) in [5, 5.41) is 6.57. The Labute approximate surface area is 114 Å². The molecule has 1 aliphatic heterocycles. The van der Waals surface area contributed by atoms with E-state index in [9.17, 15) is 4.79 Å². The van der Waals surface area contributed by atoms with Gasteiger partial charge < -0.3 is 10.6 Å². The van der Waals surface area contributed by atoms with Gasteiger partial charge in [-0.1, -0.05) is 24.6 Å². The fourth-order valence-electron chi connectivity index (χ4n) is 2.92. The largest absolute Gasteiger partial charge is 0.385 e. The van der Waals surface area contributed by atoms with Crippen LogP contribution < -0.4 is 10.6 Å². The molecule has 0 aromatic heterocycles. The minimum Gasteiger partial charge on any atom is -0.385 e. The van der Waals surface area contributed by atoms with Crippen molar-refractivity contribution in [2.45, 2.75) is 38.5 Å². The van der Waals surface area contributed by atoms with E-state index in [-0.39, 0.29) is 5.91 Å². The number of benzene rings is 1. The molecule has 0 unspecified atom stereocenters. The highest BCUT2D eigenvalue weighted by atomic mass is 16.1. The molecule has 1 aromatic carbocycles. The molecule has 0 saturated heterocycles. The van der Waals surface area contributed by atoms with Gasteiger partial charge in [-0.3, -0.25) is 4.79 Å². The molecule has 3 rings (SSSR count). The van der Waals surface area contributed by atoms with Crippen molar-refractivity contribution in [2.24, 2.45) is 5.92 Å². The first-order valence-corrected chi connectivity index (χ1v) is 7.47. The zero-order valence-electron chi connectivity index (χ0n) is 11.4. The molecule has 1 amide bonds. The molecule has 2 N–H and O–H groups in total. The normalized spacial score (nSPS) is 18.1. The van der Waals surface area contributed by atoms with E-state index in [1.165, 1.54) is 36.1 Å². The summed E-state index contributed by atoms with van der Waals surface area (Å²) >= 11 is 0. The number of amides is 1. The second kappa shape index (κ2) is 5.64. The Kier molecular flexibility index (Phi) is 3.72. The fraction of sp³-hybridized carbons (Fsp3) is 0.562. The van der Waals surface area contributed by atoms with Gasteiger partial charge in [0.25, 0.3) is 0 Å². The van der Waals surface area contributed by atoms with Crippen LogP contribution in [0.25, 0.3) is 0 Å². The van der Waals surface area contributed by atoms with E-state index in [1.807, 2.05) is 0 Å². The lowest BCUT2D eigenvalue weighted by atomic mass is 9.85. The van der Waals surface area contributed by atoms with Crippen molar-refractivity contribution in [3.05, 3.63) is 29.3 Å². The van der Waals surface area contributed by atoms with Crippen molar-refractivity contribution in [3.8, 4) is 0 Å². The van der Waals surface area contributed by atoms with Crippen LogP contribution >= 0.6 is 0 Å². The van der Waals surface area contributed by atoms with Crippen LogP contribution in [0.4, 0.5) is 5.69 Å². The maximum atomic E-state index is 11.8. The van der Waals surface area contributed by atoms with Gasteiger partial charge in [0.2, 0.25) is 5.91 Å². The number of rotatable bonds is 4. The van der Waals surface area contributed by atoms with E-state index < -0.39 is 0 Å². The Hall–Kier alpha value is -1.51. The minimum absolute atomic E-state index is 0.254. The highest BCUT2D eigenvalue weighted by Crippen LogP contribution is 2.27. The first kappa shape index (κ1) is 12.5. The van der Waals surface area contributed by atoms with Crippen LogP contribution in [0.2, 0.25) is 0 Å². The summed E-state index contributed by atoms with van der Waals surface area (Å²) in [6.07, 6.45) is 6.69. The molecule has 1 aromatic rings. The smallest absolute Gasteiger partial charge is 0.223 e. The quantitative estimate of drug-likeness (QED) is 0.871. The zero-order chi connectivity index (χ0) is 13.1. The van der Waals surface area contributed by atoms with Gasteiger partial charge in [-0.05, 0) is 43.2 Å². The standard InChI is InChI=1S/C16H22N2O/c19-16(14-6-2-7-14)18-11-9-13-5-1-4-12-8-3-10-17-15(12)13/h1,4-5,14,17H,2-3,6-11H2,(H,18,19). The summed E-state index contributed by atoms with van der Waals surface area (Å²) in [5.41, 5.74) is 4.08. The molecule has 1 aliphatic carbocycles. The topological polar surface area (TPSA) is 41.1 Å². The fourth-order valence-corrected chi connectivity index (χ4v) is 2.92. The third-order valence-electron chi connectivity index (χ3n) is 4.33. The molecule has 3 heteroatoms. The van der Waals surface area contributed by atoms with Crippen molar-refractivity contribution in [2.75, 3.05) is 18.4 Å². The molecule has 1 saturated carbocycles. The van der Waals surface area contributed by atoms with Crippen molar-refractivity contribution < 1.29 is 4.79 Å². The number of anilines is 1. The van der Waals surface area contributed by atoms with Crippen LogP contribution in [0, 0.1) is 5.92 Å². The molecule has 1 heterocycles. The van der Waals surface area contributed by atoms with Gasteiger partial charge in [-0.25, -0.2) is 0 Å². The van der Waals surface area contributed by atoms with Crippen LogP contribution in [0.1, 0.15) is 36.8 Å². The molecule has 0 spiro atoms. The summed E-state index contributed by atoms with van der Waals surface area (Å²) in [6, 6.07) is 6.51. The number of carbonyl (C=O) groups is 1. The first-order chi connectivity index (χ1) is 9.34. The molecule has 0 bridgehead atoms. The number of carbonyl (C=O) groups excluding carboxylic acids is 1. The predicted octanol–water partition coefficient (Wildman–Crippen LogP) is 2.50. The van der Waals surface area contributed by atoms with Crippen molar-refractivity contribution in [3.63, 3.8) is 0 Å². The lowest BCUT2D eigenvalue weighted by Gasteiger charge is -2.24. The average molecular weight is 258 g/mol. The van der Waals surface area contributed by atoms with Crippen LogP contribution in [0.15, 0.2) is 18.2 Å². The Bertz CT molecular complexity index is 466. The van der Waals surface area contributed by atoms with Crippen molar-refractivity contribution in [1.29, 1.82) is 0 Å². The van der Waals surface area contributed by atoms with E-state index in [0.29, 0.717) is 5.92 Å². The number of aryl methyl sites for hydroxylation is 1. The van der Waals surface area contributed by atoms with Crippen molar-refractivity contribution in [1.82, 2.24) is 5.32 Å². The van der Waals surface area contributed by atoms with E-state index in [1.54, 1.807) is 0 Å². The van der Waals surface area contributed by atoms with Crippen molar-refractivity contribution >= 4 is 11.6 Å². The second-order valence-corrected chi connectivity index (χ2v) is 5.65. The summed E-state index contributed by atoms with van der Waals surface area (Å²) in [4.78, 5) is 11.8. The van der Waals surface area contributed by atoms with Crippen LogP contribution in [-0.2, 0) is 17.6 Å².